The standard InChI is InChI=1S/C14H20BrN/c15-13-8-4-3-7-12(13)14(11-16)9-5-1-2-6-10-14/h3-4,7-8H,1-2,5-6,9-11,16H2. The SMILES string of the molecule is NCC1(c2ccccc2Br)CCCCCC1. The summed E-state index contributed by atoms with van der Waals surface area (Å²) in [5.41, 5.74) is 7.72. The van der Waals surface area contributed by atoms with Crippen LogP contribution in [0.25, 0.3) is 0 Å². The fourth-order valence-corrected chi connectivity index (χ4v) is 3.59. The van der Waals surface area contributed by atoms with Crippen molar-refractivity contribution < 1.29 is 0 Å². The van der Waals surface area contributed by atoms with Gasteiger partial charge in [-0.1, -0.05) is 59.8 Å². The zero-order chi connectivity index (χ0) is 11.4. The molecule has 1 saturated carbocycles. The summed E-state index contributed by atoms with van der Waals surface area (Å²) in [6.45, 7) is 0.773. The first-order valence-electron chi connectivity index (χ1n) is 6.24. The van der Waals surface area contributed by atoms with Crippen LogP contribution in [0.1, 0.15) is 44.1 Å². The summed E-state index contributed by atoms with van der Waals surface area (Å²) in [7, 11) is 0. The van der Waals surface area contributed by atoms with Crippen molar-refractivity contribution in [2.24, 2.45) is 5.73 Å². The summed E-state index contributed by atoms with van der Waals surface area (Å²) in [5, 5.41) is 0. The van der Waals surface area contributed by atoms with Crippen LogP contribution in [0, 0.1) is 0 Å². The Hall–Kier alpha value is -0.340. The molecule has 2 rings (SSSR count). The molecule has 0 spiro atoms. The zero-order valence-electron chi connectivity index (χ0n) is 9.71. The molecule has 1 aromatic carbocycles. The van der Waals surface area contributed by atoms with Crippen LogP contribution in [0.4, 0.5) is 0 Å². The van der Waals surface area contributed by atoms with Gasteiger partial charge in [0, 0.05) is 16.4 Å². The van der Waals surface area contributed by atoms with Crippen molar-refractivity contribution >= 4 is 15.9 Å². The van der Waals surface area contributed by atoms with Crippen molar-refractivity contribution in [3.8, 4) is 0 Å². The second kappa shape index (κ2) is 5.33. The number of hydrogen-bond acceptors (Lipinski definition) is 1. The molecule has 2 heteroatoms. The van der Waals surface area contributed by atoms with E-state index >= 15 is 0 Å². The van der Waals surface area contributed by atoms with Gasteiger partial charge in [0.25, 0.3) is 0 Å². The van der Waals surface area contributed by atoms with E-state index in [2.05, 4.69) is 40.2 Å². The number of halogens is 1. The van der Waals surface area contributed by atoms with Crippen LogP contribution < -0.4 is 5.73 Å². The lowest BCUT2D eigenvalue weighted by Gasteiger charge is -2.33. The maximum absolute atomic E-state index is 6.09. The van der Waals surface area contributed by atoms with Gasteiger partial charge in [0.15, 0.2) is 0 Å². The molecule has 1 fully saturated rings. The van der Waals surface area contributed by atoms with Gasteiger partial charge in [-0.15, -0.1) is 0 Å². The molecule has 0 saturated heterocycles. The van der Waals surface area contributed by atoms with Crippen LogP contribution in [0.15, 0.2) is 28.7 Å². The molecule has 0 unspecified atom stereocenters. The molecular weight excluding hydrogens is 262 g/mol. The highest BCUT2D eigenvalue weighted by molar-refractivity contribution is 9.10. The van der Waals surface area contributed by atoms with Gasteiger partial charge in [0.1, 0.15) is 0 Å². The molecule has 16 heavy (non-hydrogen) atoms. The molecule has 0 bridgehead atoms. The summed E-state index contributed by atoms with van der Waals surface area (Å²) in [4.78, 5) is 0. The Labute approximate surface area is 107 Å². The molecule has 0 amide bonds. The Balaban J connectivity index is 2.36. The zero-order valence-corrected chi connectivity index (χ0v) is 11.3. The summed E-state index contributed by atoms with van der Waals surface area (Å²) in [6, 6.07) is 8.58. The van der Waals surface area contributed by atoms with E-state index in [1.807, 2.05) is 0 Å². The third-order valence-corrected chi connectivity index (χ3v) is 4.59. The fourth-order valence-electron chi connectivity index (χ4n) is 2.88. The average Bonchev–Trinajstić information content (AvgIpc) is 2.56. The molecular formula is C14H20BrN. The number of hydrogen-bond donors (Lipinski definition) is 1. The lowest BCUT2D eigenvalue weighted by atomic mass is 9.74. The Morgan fingerprint density at radius 3 is 2.25 bits per heavy atom. The fraction of sp³-hybridized carbons (Fsp3) is 0.571. The van der Waals surface area contributed by atoms with E-state index in [4.69, 9.17) is 5.73 Å². The van der Waals surface area contributed by atoms with Crippen molar-refractivity contribution in [2.75, 3.05) is 6.54 Å². The monoisotopic (exact) mass is 281 g/mol. The smallest absolute Gasteiger partial charge is 0.0213 e. The Kier molecular flexibility index (Phi) is 4.04. The minimum Gasteiger partial charge on any atom is -0.330 e. The highest BCUT2D eigenvalue weighted by atomic mass is 79.9. The van der Waals surface area contributed by atoms with E-state index in [-0.39, 0.29) is 5.41 Å². The predicted molar refractivity (Wildman–Crippen MR) is 72.6 cm³/mol. The van der Waals surface area contributed by atoms with E-state index in [1.54, 1.807) is 0 Å². The van der Waals surface area contributed by atoms with Gasteiger partial charge in [-0.05, 0) is 24.5 Å². The summed E-state index contributed by atoms with van der Waals surface area (Å²) < 4.78 is 1.22. The third-order valence-electron chi connectivity index (χ3n) is 3.90. The molecule has 1 aromatic rings. The topological polar surface area (TPSA) is 26.0 Å². The minimum absolute atomic E-state index is 0.219. The van der Waals surface area contributed by atoms with Gasteiger partial charge in [0.2, 0.25) is 0 Å². The highest BCUT2D eigenvalue weighted by Gasteiger charge is 2.32. The third kappa shape index (κ3) is 2.33. The van der Waals surface area contributed by atoms with Gasteiger partial charge in [-0.25, -0.2) is 0 Å². The lowest BCUT2D eigenvalue weighted by molar-refractivity contribution is 0.379. The van der Waals surface area contributed by atoms with Crippen LogP contribution in [0.2, 0.25) is 0 Å². The van der Waals surface area contributed by atoms with E-state index in [1.165, 1.54) is 48.6 Å². The molecule has 0 radical (unpaired) electrons. The first kappa shape index (κ1) is 12.1. The summed E-state index contributed by atoms with van der Waals surface area (Å²) in [6.07, 6.45) is 7.85. The number of nitrogens with two attached hydrogens (primary N) is 1. The second-order valence-corrected chi connectivity index (χ2v) is 5.73. The van der Waals surface area contributed by atoms with Crippen LogP contribution >= 0.6 is 15.9 Å². The van der Waals surface area contributed by atoms with Crippen molar-refractivity contribution in [3.05, 3.63) is 34.3 Å². The molecule has 1 nitrogen and oxygen atoms in total. The van der Waals surface area contributed by atoms with Gasteiger partial charge in [0.05, 0.1) is 0 Å². The molecule has 1 aliphatic carbocycles. The van der Waals surface area contributed by atoms with Crippen molar-refractivity contribution in [1.82, 2.24) is 0 Å². The van der Waals surface area contributed by atoms with Crippen LogP contribution in [-0.4, -0.2) is 6.54 Å². The van der Waals surface area contributed by atoms with Gasteiger partial charge < -0.3 is 5.73 Å². The first-order chi connectivity index (χ1) is 7.78. The largest absolute Gasteiger partial charge is 0.330 e. The summed E-state index contributed by atoms with van der Waals surface area (Å²) >= 11 is 3.68. The van der Waals surface area contributed by atoms with Crippen molar-refractivity contribution in [2.45, 2.75) is 43.9 Å². The lowest BCUT2D eigenvalue weighted by Crippen LogP contribution is -2.35. The first-order valence-corrected chi connectivity index (χ1v) is 7.03. The molecule has 0 atom stereocenters. The minimum atomic E-state index is 0.219. The highest BCUT2D eigenvalue weighted by Crippen LogP contribution is 2.40. The van der Waals surface area contributed by atoms with E-state index < -0.39 is 0 Å². The number of benzene rings is 1. The van der Waals surface area contributed by atoms with E-state index in [9.17, 15) is 0 Å². The molecule has 0 aromatic heterocycles. The van der Waals surface area contributed by atoms with Crippen LogP contribution in [0.3, 0.4) is 0 Å². The molecule has 88 valence electrons. The van der Waals surface area contributed by atoms with Gasteiger partial charge in [-0.3, -0.25) is 0 Å². The Morgan fingerprint density at radius 1 is 1.06 bits per heavy atom. The van der Waals surface area contributed by atoms with Gasteiger partial charge in [-0.2, -0.15) is 0 Å². The molecule has 1 aliphatic rings. The van der Waals surface area contributed by atoms with Crippen LogP contribution in [0.5, 0.6) is 0 Å². The van der Waals surface area contributed by atoms with Crippen molar-refractivity contribution in [3.63, 3.8) is 0 Å². The van der Waals surface area contributed by atoms with Gasteiger partial charge >= 0.3 is 0 Å². The molecule has 0 heterocycles. The number of rotatable bonds is 2. The predicted octanol–water partition coefficient (Wildman–Crippen LogP) is 4.00. The average molecular weight is 282 g/mol. The normalized spacial score (nSPS) is 20.4. The maximum Gasteiger partial charge on any atom is 0.0213 e. The molecule has 0 aliphatic heterocycles. The van der Waals surface area contributed by atoms with E-state index in [0.717, 1.165) is 6.54 Å². The second-order valence-electron chi connectivity index (χ2n) is 4.88. The summed E-state index contributed by atoms with van der Waals surface area (Å²) in [5.74, 6) is 0. The maximum atomic E-state index is 6.09. The van der Waals surface area contributed by atoms with Crippen molar-refractivity contribution in [1.29, 1.82) is 0 Å². The quantitative estimate of drug-likeness (QED) is 0.815. The molecule has 2 N–H and O–H groups in total. The van der Waals surface area contributed by atoms with Crippen LogP contribution in [-0.2, 0) is 5.41 Å². The Morgan fingerprint density at radius 2 is 1.69 bits per heavy atom. The van der Waals surface area contributed by atoms with E-state index in [0.29, 0.717) is 0 Å². The Bertz CT molecular complexity index is 340.